The van der Waals surface area contributed by atoms with Crippen molar-refractivity contribution in [2.45, 2.75) is 50.8 Å². The second-order valence-electron chi connectivity index (χ2n) is 9.43. The number of nitrogens with one attached hydrogen (secondary N) is 1. The fourth-order valence-electron chi connectivity index (χ4n) is 4.37. The zero-order valence-corrected chi connectivity index (χ0v) is 26.1. The predicted molar refractivity (Wildman–Crippen MR) is 158 cm³/mol. The summed E-state index contributed by atoms with van der Waals surface area (Å²) in [6.45, 7) is -8.23. The van der Waals surface area contributed by atoms with E-state index in [-0.39, 0.29) is 40.7 Å². The van der Waals surface area contributed by atoms with Crippen molar-refractivity contribution >= 4 is 71.7 Å². The van der Waals surface area contributed by atoms with Crippen LogP contribution in [0.2, 0.25) is 0 Å². The van der Waals surface area contributed by atoms with E-state index in [2.05, 4.69) is 54.0 Å². The van der Waals surface area contributed by atoms with Crippen LogP contribution >= 0.6 is 25.8 Å². The second-order valence-corrected chi connectivity index (χ2v) is 15.0. The predicted octanol–water partition coefficient (Wildman–Crippen LogP) is 1.30. The number of alkyl halides is 1. The Labute approximate surface area is 257 Å². The maximum Gasteiger partial charge on any atom is 0.388 e. The largest absolute Gasteiger partial charge is 0.388 e. The molecule has 6 atom stereocenters. The molecular formula is C20H27FN10O9P2S2. The van der Waals surface area contributed by atoms with Crippen LogP contribution in [0.4, 0.5) is 16.2 Å². The number of anilines is 2. The summed E-state index contributed by atoms with van der Waals surface area (Å²) in [6, 6.07) is 0. The highest BCUT2D eigenvalue weighted by Gasteiger charge is 2.36. The van der Waals surface area contributed by atoms with Gasteiger partial charge in [-0.1, -0.05) is 12.2 Å². The van der Waals surface area contributed by atoms with Crippen molar-refractivity contribution in [1.82, 2.24) is 39.0 Å². The lowest BCUT2D eigenvalue weighted by atomic mass is 10.2. The summed E-state index contributed by atoms with van der Waals surface area (Å²) in [6.07, 6.45) is -1.63. The number of hydrogen-bond acceptors (Lipinski definition) is 15. The number of nitrogens with zero attached hydrogens (tertiary/aromatic N) is 7. The van der Waals surface area contributed by atoms with Crippen LogP contribution in [-0.4, -0.2) is 80.6 Å². The van der Waals surface area contributed by atoms with Gasteiger partial charge in [-0.15, -0.1) is 0 Å². The molecule has 0 amide bonds. The van der Waals surface area contributed by atoms with Crippen molar-refractivity contribution < 1.29 is 41.8 Å². The summed E-state index contributed by atoms with van der Waals surface area (Å²) in [7, 11) is 0. The van der Waals surface area contributed by atoms with E-state index in [0.29, 0.717) is 12.8 Å². The van der Waals surface area contributed by atoms with Gasteiger partial charge in [-0.2, -0.15) is 4.98 Å². The Balaban J connectivity index is 1.21. The number of aromatic nitrogens is 8. The molecule has 0 aliphatic carbocycles. The van der Waals surface area contributed by atoms with Gasteiger partial charge in [0, 0.05) is 0 Å². The highest BCUT2D eigenvalue weighted by atomic mass is 32.7. The van der Waals surface area contributed by atoms with E-state index in [0.717, 1.165) is 0 Å². The minimum atomic E-state index is -4.39. The fourth-order valence-corrected chi connectivity index (χ4v) is 6.17. The van der Waals surface area contributed by atoms with Gasteiger partial charge in [-0.3, -0.25) is 28.0 Å². The molecule has 1 unspecified atom stereocenters. The average molecular weight is 697 g/mol. The Morgan fingerprint density at radius 1 is 1.20 bits per heavy atom. The number of rotatable bonds is 13. The first-order valence-electron chi connectivity index (χ1n) is 12.7. The number of halogens is 1. The van der Waals surface area contributed by atoms with E-state index in [1.54, 1.807) is 0 Å². The number of nitrogen functional groups attached to an aromatic ring is 2. The summed E-state index contributed by atoms with van der Waals surface area (Å²) in [4.78, 5) is 53.6. The van der Waals surface area contributed by atoms with Gasteiger partial charge in [0.2, 0.25) is 12.3 Å². The first-order chi connectivity index (χ1) is 20.7. The molecule has 1 fully saturated rings. The molecule has 0 radical (unpaired) electrons. The van der Waals surface area contributed by atoms with Crippen molar-refractivity contribution in [2.24, 2.45) is 0 Å². The van der Waals surface area contributed by atoms with Crippen LogP contribution in [0, 0.1) is 0 Å². The molecule has 0 saturated carbocycles. The van der Waals surface area contributed by atoms with Gasteiger partial charge >= 0.3 is 13.5 Å². The number of hydrogen-bond donors (Lipinski definition) is 6. The van der Waals surface area contributed by atoms with Gasteiger partial charge in [0.25, 0.3) is 5.56 Å². The molecule has 0 spiro atoms. The lowest BCUT2D eigenvalue weighted by Gasteiger charge is -2.27. The number of nitrogens with two attached hydrogens (primary N) is 2. The zero-order chi connectivity index (χ0) is 31.8. The molecule has 240 valence electrons. The van der Waals surface area contributed by atoms with Crippen LogP contribution in [0.25, 0.3) is 22.3 Å². The molecule has 19 nitrogen and oxygen atoms in total. The monoisotopic (exact) mass is 696 g/mol. The van der Waals surface area contributed by atoms with Gasteiger partial charge in [-0.05, 0) is 31.6 Å². The molecule has 1 aliphatic heterocycles. The number of fused-ring (bicyclic) bond motifs is 2. The van der Waals surface area contributed by atoms with Crippen LogP contribution in [0.15, 0.2) is 23.8 Å². The smallest absolute Gasteiger partial charge is 0.382 e. The van der Waals surface area contributed by atoms with E-state index >= 15 is 4.39 Å². The van der Waals surface area contributed by atoms with Crippen molar-refractivity contribution in [3.8, 4) is 0 Å². The van der Waals surface area contributed by atoms with Crippen LogP contribution in [0.1, 0.15) is 32.2 Å². The Morgan fingerprint density at radius 2 is 1.95 bits per heavy atom. The standard InChI is InChI=1S/C20H27FN10O9P2S2/c1-9(30-7-26-13-16(22)24-6-25-17(13)30)38-11(5-36-41(33,34)43)15(21)40-42(35,44)37-4-10-2-3-12(39-10)31-8-27-14-18(31)28-20(23)29-19(14)32/h6-12,15H,2-5H2,1H3,(H,35,44)(H2,22,24,25)(H2,33,34,43)(H3,23,28,29,32)/t9-,10+,11-,12-,15+,42?/m1/s1. The first-order valence-corrected chi connectivity index (χ1v) is 18.0. The van der Waals surface area contributed by atoms with Crippen molar-refractivity contribution in [3.63, 3.8) is 0 Å². The van der Waals surface area contributed by atoms with Gasteiger partial charge in [0.05, 0.1) is 32.0 Å². The fraction of sp³-hybridized carbons (Fsp3) is 0.500. The Morgan fingerprint density at radius 3 is 2.70 bits per heavy atom. The van der Waals surface area contributed by atoms with E-state index < -0.39 is 56.7 Å². The SMILES string of the molecule is C[C@@H](O[C@H](COP(O)(O)=S)[C@@H](F)OP(=O)(S)OC[C@@H]1CC[C@H](n2cnc3c(=O)[nH]c(N)nc32)O1)n1cnc2c(N)ncnc21. The molecule has 5 rings (SSSR count). The lowest BCUT2D eigenvalue weighted by molar-refractivity contribution is -0.144. The van der Waals surface area contributed by atoms with E-state index in [1.807, 2.05) is 0 Å². The summed E-state index contributed by atoms with van der Waals surface area (Å²) in [5, 5.41) is 0. The minimum Gasteiger partial charge on any atom is -0.382 e. The zero-order valence-electron chi connectivity index (χ0n) is 22.6. The lowest BCUT2D eigenvalue weighted by Crippen LogP contribution is -2.34. The van der Waals surface area contributed by atoms with E-state index in [9.17, 15) is 19.1 Å². The summed E-state index contributed by atoms with van der Waals surface area (Å²) >= 11 is 8.31. The molecule has 0 bridgehead atoms. The number of thiol groups is 1. The Bertz CT molecular complexity index is 1800. The minimum absolute atomic E-state index is 0.0799. The normalized spacial score (nSPS) is 21.0. The highest BCUT2D eigenvalue weighted by Crippen LogP contribution is 2.55. The third-order valence-electron chi connectivity index (χ3n) is 6.35. The molecule has 44 heavy (non-hydrogen) atoms. The molecule has 7 N–H and O–H groups in total. The number of aromatic amines is 1. The second kappa shape index (κ2) is 13.0. The molecular weight excluding hydrogens is 669 g/mol. The number of H-pyrrole nitrogens is 1. The van der Waals surface area contributed by atoms with Crippen LogP contribution in [-0.2, 0) is 39.4 Å². The van der Waals surface area contributed by atoms with Gasteiger partial charge < -0.3 is 35.3 Å². The topological polar surface area (TPSA) is 263 Å². The molecule has 4 aromatic heterocycles. The number of ether oxygens (including phenoxy) is 2. The van der Waals surface area contributed by atoms with Crippen LogP contribution < -0.4 is 17.0 Å². The Hall–Kier alpha value is -2.62. The van der Waals surface area contributed by atoms with Gasteiger partial charge in [0.1, 0.15) is 30.4 Å². The quantitative estimate of drug-likeness (QED) is 0.0849. The van der Waals surface area contributed by atoms with Crippen LogP contribution in [0.3, 0.4) is 0 Å². The van der Waals surface area contributed by atoms with Crippen molar-refractivity contribution in [2.75, 3.05) is 24.7 Å². The van der Waals surface area contributed by atoms with Gasteiger partial charge in [0.15, 0.2) is 22.6 Å². The van der Waals surface area contributed by atoms with Crippen molar-refractivity contribution in [3.05, 3.63) is 29.3 Å². The first kappa shape index (κ1) is 32.8. The molecule has 24 heteroatoms. The average Bonchev–Trinajstić information content (AvgIpc) is 3.67. The Kier molecular flexibility index (Phi) is 9.69. The third kappa shape index (κ3) is 7.60. The molecule has 1 saturated heterocycles. The third-order valence-corrected chi connectivity index (χ3v) is 8.73. The maximum absolute atomic E-state index is 15.4. The summed E-state index contributed by atoms with van der Waals surface area (Å²) in [5.74, 6) is 0.0166. The van der Waals surface area contributed by atoms with Crippen molar-refractivity contribution in [1.29, 1.82) is 0 Å². The molecule has 5 heterocycles. The molecule has 0 aromatic carbocycles. The van der Waals surface area contributed by atoms with E-state index in [4.69, 9.17) is 34.5 Å². The number of imidazole rings is 2. The summed E-state index contributed by atoms with van der Waals surface area (Å²) in [5.41, 5.74) is 11.8. The van der Waals surface area contributed by atoms with Gasteiger partial charge in [-0.25, -0.2) is 28.9 Å². The van der Waals surface area contributed by atoms with Crippen LogP contribution in [0.5, 0.6) is 0 Å². The molecule has 1 aliphatic rings. The molecule has 4 aromatic rings. The maximum atomic E-state index is 15.4. The summed E-state index contributed by atoms with van der Waals surface area (Å²) < 4.78 is 58.0. The highest BCUT2D eigenvalue weighted by molar-refractivity contribution is 8.44. The van der Waals surface area contributed by atoms with E-state index in [1.165, 1.54) is 35.0 Å².